The summed E-state index contributed by atoms with van der Waals surface area (Å²) in [5.41, 5.74) is 0.705. The molecule has 0 aliphatic carbocycles. The molecule has 9 heteroatoms. The predicted molar refractivity (Wildman–Crippen MR) is 90.9 cm³/mol. The first-order chi connectivity index (χ1) is 12.3. The number of benzene rings is 1. The van der Waals surface area contributed by atoms with Crippen LogP contribution in [0.2, 0.25) is 0 Å². The van der Waals surface area contributed by atoms with Gasteiger partial charge in [-0.1, -0.05) is 29.8 Å². The van der Waals surface area contributed by atoms with Crippen LogP contribution in [0.15, 0.2) is 35.8 Å². The van der Waals surface area contributed by atoms with Crippen LogP contribution in [0.1, 0.15) is 28.3 Å². The third kappa shape index (κ3) is 4.34. The summed E-state index contributed by atoms with van der Waals surface area (Å²) in [5, 5.41) is 4.61. The Kier molecular flexibility index (Phi) is 5.47. The minimum Gasteiger partial charge on any atom is -0.367 e. The van der Waals surface area contributed by atoms with Crippen molar-refractivity contribution in [3.8, 4) is 0 Å². The van der Waals surface area contributed by atoms with E-state index in [-0.39, 0.29) is 25.3 Å². The Morgan fingerprint density at radius 1 is 1.46 bits per heavy atom. The zero-order chi connectivity index (χ0) is 18.7. The molecule has 1 fully saturated rings. The first kappa shape index (κ1) is 18.7. The van der Waals surface area contributed by atoms with Crippen molar-refractivity contribution >= 4 is 17.4 Å². The minimum absolute atomic E-state index is 0.00980. The SMILES string of the molecule is Cc1cccc([C@@H](NC(=O)N2CCO[C@@H](c3nccs3)C2)C(F)(F)F)c1. The summed E-state index contributed by atoms with van der Waals surface area (Å²) in [6.07, 6.45) is -3.39. The normalized spacial score (nSPS) is 19.2. The lowest BCUT2D eigenvalue weighted by atomic mass is 10.0. The molecule has 0 spiro atoms. The summed E-state index contributed by atoms with van der Waals surface area (Å²) in [7, 11) is 0. The fraction of sp³-hybridized carbons (Fsp3) is 0.412. The van der Waals surface area contributed by atoms with Crippen molar-refractivity contribution in [3.05, 3.63) is 52.0 Å². The number of morpholine rings is 1. The van der Waals surface area contributed by atoms with E-state index < -0.39 is 24.4 Å². The molecular formula is C17H18F3N3O2S. The van der Waals surface area contributed by atoms with Crippen molar-refractivity contribution in [1.82, 2.24) is 15.2 Å². The van der Waals surface area contributed by atoms with E-state index in [0.29, 0.717) is 10.6 Å². The maximum Gasteiger partial charge on any atom is 0.412 e. The third-order valence-corrected chi connectivity index (χ3v) is 4.92. The Balaban J connectivity index is 1.73. The Hall–Kier alpha value is -2.13. The molecule has 26 heavy (non-hydrogen) atoms. The van der Waals surface area contributed by atoms with Gasteiger partial charge < -0.3 is 15.0 Å². The summed E-state index contributed by atoms with van der Waals surface area (Å²) in [5.74, 6) is 0. The lowest BCUT2D eigenvalue weighted by Gasteiger charge is -2.33. The molecule has 1 aromatic heterocycles. The summed E-state index contributed by atoms with van der Waals surface area (Å²) in [4.78, 5) is 18.0. The smallest absolute Gasteiger partial charge is 0.367 e. The quantitative estimate of drug-likeness (QED) is 0.874. The molecule has 1 saturated heterocycles. The molecule has 1 aromatic carbocycles. The number of thiazole rings is 1. The number of hydrogen-bond acceptors (Lipinski definition) is 4. The number of aromatic nitrogens is 1. The average molecular weight is 385 g/mol. The number of urea groups is 1. The van der Waals surface area contributed by atoms with Crippen LogP contribution >= 0.6 is 11.3 Å². The van der Waals surface area contributed by atoms with Crippen molar-refractivity contribution in [3.63, 3.8) is 0 Å². The Bertz CT molecular complexity index is 752. The Morgan fingerprint density at radius 2 is 2.27 bits per heavy atom. The average Bonchev–Trinajstić information content (AvgIpc) is 3.13. The molecule has 0 unspecified atom stereocenters. The molecule has 2 heterocycles. The van der Waals surface area contributed by atoms with Gasteiger partial charge in [0, 0.05) is 18.1 Å². The zero-order valence-corrected chi connectivity index (χ0v) is 14.8. The molecule has 5 nitrogen and oxygen atoms in total. The van der Waals surface area contributed by atoms with Crippen LogP contribution in [-0.2, 0) is 4.74 Å². The van der Waals surface area contributed by atoms with Crippen molar-refractivity contribution in [1.29, 1.82) is 0 Å². The molecule has 3 rings (SSSR count). The highest BCUT2D eigenvalue weighted by Crippen LogP contribution is 2.33. The summed E-state index contributed by atoms with van der Waals surface area (Å²) >= 11 is 1.39. The number of ether oxygens (including phenoxy) is 1. The summed E-state index contributed by atoms with van der Waals surface area (Å²) in [6, 6.07) is 3.22. The second-order valence-corrected chi connectivity index (χ2v) is 6.94. The van der Waals surface area contributed by atoms with E-state index in [1.807, 2.05) is 0 Å². The van der Waals surface area contributed by atoms with Crippen molar-refractivity contribution in [2.24, 2.45) is 0 Å². The number of halogens is 3. The van der Waals surface area contributed by atoms with Crippen molar-refractivity contribution in [2.75, 3.05) is 19.7 Å². The number of rotatable bonds is 3. The third-order valence-electron chi connectivity index (χ3n) is 4.05. The number of carbonyl (C=O) groups excluding carboxylic acids is 1. The molecule has 0 saturated carbocycles. The van der Waals surface area contributed by atoms with E-state index in [2.05, 4.69) is 10.3 Å². The number of hydrogen-bond donors (Lipinski definition) is 1. The van der Waals surface area contributed by atoms with Gasteiger partial charge in [0.15, 0.2) is 6.04 Å². The number of nitrogens with one attached hydrogen (secondary N) is 1. The molecule has 0 radical (unpaired) electrons. The van der Waals surface area contributed by atoms with Crippen LogP contribution < -0.4 is 5.32 Å². The molecular weight excluding hydrogens is 367 g/mol. The van der Waals surface area contributed by atoms with Gasteiger partial charge in [-0.2, -0.15) is 13.2 Å². The van der Waals surface area contributed by atoms with Gasteiger partial charge in [0.05, 0.1) is 13.2 Å². The van der Waals surface area contributed by atoms with Gasteiger partial charge >= 0.3 is 12.2 Å². The van der Waals surface area contributed by atoms with Gasteiger partial charge in [-0.05, 0) is 12.5 Å². The summed E-state index contributed by atoms with van der Waals surface area (Å²) < 4.78 is 46.1. The van der Waals surface area contributed by atoms with Gasteiger partial charge in [0.2, 0.25) is 0 Å². The molecule has 1 aliphatic heterocycles. The fourth-order valence-corrected chi connectivity index (χ4v) is 3.47. The molecule has 2 aromatic rings. The maximum atomic E-state index is 13.5. The minimum atomic E-state index is -4.59. The van der Waals surface area contributed by atoms with Crippen molar-refractivity contribution < 1.29 is 22.7 Å². The lowest BCUT2D eigenvalue weighted by Crippen LogP contribution is -2.50. The van der Waals surface area contributed by atoms with E-state index >= 15 is 0 Å². The second kappa shape index (κ2) is 7.63. The van der Waals surface area contributed by atoms with Gasteiger partial charge in [0.25, 0.3) is 0 Å². The first-order valence-corrected chi connectivity index (χ1v) is 8.92. The lowest BCUT2D eigenvalue weighted by molar-refractivity contribution is -0.155. The Labute approximate surface area is 152 Å². The largest absolute Gasteiger partial charge is 0.412 e. The van der Waals surface area contributed by atoms with Crippen LogP contribution in [0, 0.1) is 6.92 Å². The second-order valence-electron chi connectivity index (χ2n) is 6.01. The topological polar surface area (TPSA) is 54.5 Å². The predicted octanol–water partition coefficient (Wildman–Crippen LogP) is 3.84. The van der Waals surface area contributed by atoms with Crippen LogP contribution in [0.25, 0.3) is 0 Å². The van der Waals surface area contributed by atoms with E-state index in [4.69, 9.17) is 4.74 Å². The van der Waals surface area contributed by atoms with Crippen LogP contribution in [0.3, 0.4) is 0 Å². The molecule has 1 aliphatic rings. The van der Waals surface area contributed by atoms with E-state index in [0.717, 1.165) is 0 Å². The van der Waals surface area contributed by atoms with Crippen LogP contribution in [0.5, 0.6) is 0 Å². The van der Waals surface area contributed by atoms with E-state index in [1.165, 1.54) is 28.4 Å². The van der Waals surface area contributed by atoms with Crippen LogP contribution in [-0.4, -0.2) is 41.8 Å². The molecule has 2 atom stereocenters. The van der Waals surface area contributed by atoms with Crippen LogP contribution in [0.4, 0.5) is 18.0 Å². The number of carbonyl (C=O) groups is 1. The van der Waals surface area contributed by atoms with E-state index in [1.54, 1.807) is 30.6 Å². The molecule has 1 N–H and O–H groups in total. The van der Waals surface area contributed by atoms with E-state index in [9.17, 15) is 18.0 Å². The number of alkyl halides is 3. The highest BCUT2D eigenvalue weighted by Gasteiger charge is 2.43. The number of amides is 2. The zero-order valence-electron chi connectivity index (χ0n) is 14.0. The Morgan fingerprint density at radius 3 is 2.92 bits per heavy atom. The standard InChI is InChI=1S/C17H18F3N3O2S/c1-11-3-2-4-12(9-11)14(17(18,19)20)22-16(24)23-6-7-25-13(10-23)15-21-5-8-26-15/h2-5,8-9,13-14H,6-7,10H2,1H3,(H,22,24)/t13-,14-/m1/s1. The van der Waals surface area contributed by atoms with Gasteiger partial charge in [0.1, 0.15) is 11.1 Å². The maximum absolute atomic E-state index is 13.5. The molecule has 2 amide bonds. The van der Waals surface area contributed by atoms with Gasteiger partial charge in [-0.25, -0.2) is 9.78 Å². The summed E-state index contributed by atoms with van der Waals surface area (Å²) in [6.45, 7) is 2.35. The van der Waals surface area contributed by atoms with Crippen molar-refractivity contribution in [2.45, 2.75) is 25.2 Å². The number of aryl methyl sites for hydroxylation is 1. The molecule has 140 valence electrons. The number of nitrogens with zero attached hydrogens (tertiary/aromatic N) is 2. The highest BCUT2D eigenvalue weighted by atomic mass is 32.1. The molecule has 0 bridgehead atoms. The highest BCUT2D eigenvalue weighted by molar-refractivity contribution is 7.09. The van der Waals surface area contributed by atoms with Gasteiger partial charge in [-0.15, -0.1) is 11.3 Å². The first-order valence-electron chi connectivity index (χ1n) is 8.04. The monoisotopic (exact) mass is 385 g/mol. The fourth-order valence-electron chi connectivity index (χ4n) is 2.80. The van der Waals surface area contributed by atoms with Gasteiger partial charge in [-0.3, -0.25) is 0 Å².